The number of nitrogens with zero attached hydrogens (tertiary/aromatic N) is 3. The van der Waals surface area contributed by atoms with Crippen LogP contribution in [0.15, 0.2) is 84.3 Å². The van der Waals surface area contributed by atoms with E-state index in [2.05, 4.69) is 15.0 Å². The normalized spacial score (nSPS) is 12.1. The van der Waals surface area contributed by atoms with Gasteiger partial charge in [0.15, 0.2) is 5.82 Å². The minimum absolute atomic E-state index is 0.159. The summed E-state index contributed by atoms with van der Waals surface area (Å²) >= 11 is 0. The average molecular weight is 601 g/mol. The first-order chi connectivity index (χ1) is 20.0. The molecule has 0 amide bonds. The van der Waals surface area contributed by atoms with Crippen LogP contribution in [0.4, 0.5) is 27.6 Å². The number of H-pyrrole nitrogens is 1. The molecule has 0 saturated carbocycles. The Bertz CT molecular complexity index is 1820. The first-order valence-corrected chi connectivity index (χ1v) is 14.5. The third-order valence-electron chi connectivity index (χ3n) is 6.90. The maximum absolute atomic E-state index is 16.1. The number of hydrogen-bond acceptors (Lipinski definition) is 4. The second kappa shape index (κ2) is 11.5. The number of aromatic nitrogens is 3. The van der Waals surface area contributed by atoms with Gasteiger partial charge in [0.05, 0.1) is 16.1 Å². The van der Waals surface area contributed by atoms with E-state index in [1.165, 1.54) is 0 Å². The van der Waals surface area contributed by atoms with Gasteiger partial charge in [-0.25, -0.2) is 22.2 Å². The molecule has 6 nitrogen and oxygen atoms in total. The van der Waals surface area contributed by atoms with Crippen LogP contribution in [0.1, 0.15) is 36.5 Å². The Labute approximate surface area is 238 Å². The van der Waals surface area contributed by atoms with Crippen LogP contribution < -0.4 is 4.31 Å². The Morgan fingerprint density at radius 1 is 0.976 bits per heavy atom. The van der Waals surface area contributed by atoms with Gasteiger partial charge in [0.25, 0.3) is 10.0 Å². The lowest BCUT2D eigenvalue weighted by molar-refractivity contribution is -0.137. The van der Waals surface area contributed by atoms with Crippen LogP contribution in [-0.2, 0) is 22.6 Å². The third kappa shape index (κ3) is 5.71. The van der Waals surface area contributed by atoms with Crippen LogP contribution in [0.5, 0.6) is 0 Å². The van der Waals surface area contributed by atoms with Gasteiger partial charge < -0.3 is 4.98 Å². The van der Waals surface area contributed by atoms with E-state index < -0.39 is 44.0 Å². The van der Waals surface area contributed by atoms with E-state index in [0.29, 0.717) is 41.6 Å². The van der Waals surface area contributed by atoms with E-state index in [4.69, 9.17) is 0 Å². The van der Waals surface area contributed by atoms with Crippen molar-refractivity contribution in [3.63, 3.8) is 0 Å². The lowest BCUT2D eigenvalue weighted by atomic mass is 10.0. The number of unbranched alkanes of at least 4 members (excludes halogenated alkanes) is 1. The van der Waals surface area contributed by atoms with Crippen molar-refractivity contribution >= 4 is 26.7 Å². The molecule has 3 heterocycles. The Balaban J connectivity index is 1.54. The Hall–Kier alpha value is -4.32. The number of alkyl halides is 3. The van der Waals surface area contributed by atoms with Gasteiger partial charge >= 0.3 is 6.18 Å². The number of hydrogen-bond donors (Lipinski definition) is 1. The fourth-order valence-electron chi connectivity index (χ4n) is 4.64. The summed E-state index contributed by atoms with van der Waals surface area (Å²) in [6.45, 7) is 1.65. The van der Waals surface area contributed by atoms with Gasteiger partial charge in [0.1, 0.15) is 11.5 Å². The molecule has 5 aromatic rings. The van der Waals surface area contributed by atoms with Crippen LogP contribution in [0, 0.1) is 11.6 Å². The zero-order valence-corrected chi connectivity index (χ0v) is 23.1. The summed E-state index contributed by atoms with van der Waals surface area (Å²) in [5, 5.41) is 0.626. The third-order valence-corrected chi connectivity index (χ3v) is 8.73. The number of fused-ring (bicyclic) bond motifs is 1. The predicted molar refractivity (Wildman–Crippen MR) is 149 cm³/mol. The van der Waals surface area contributed by atoms with Crippen LogP contribution in [-0.4, -0.2) is 29.9 Å². The molecule has 0 aliphatic heterocycles. The quantitative estimate of drug-likeness (QED) is 0.178. The molecule has 0 saturated heterocycles. The second-order valence-electron chi connectivity index (χ2n) is 9.66. The number of pyridine rings is 2. The van der Waals surface area contributed by atoms with Crippen molar-refractivity contribution in [2.45, 2.75) is 37.3 Å². The van der Waals surface area contributed by atoms with Crippen molar-refractivity contribution < 1.29 is 30.4 Å². The van der Waals surface area contributed by atoms with Crippen molar-refractivity contribution in [2.75, 3.05) is 10.8 Å². The Morgan fingerprint density at radius 2 is 1.74 bits per heavy atom. The molecule has 0 fully saturated rings. The second-order valence-corrected chi connectivity index (χ2v) is 11.5. The summed E-state index contributed by atoms with van der Waals surface area (Å²) in [7, 11) is -4.49. The van der Waals surface area contributed by atoms with E-state index in [-0.39, 0.29) is 18.5 Å². The molecule has 0 bridgehead atoms. The zero-order chi connectivity index (χ0) is 30.1. The number of sulfonamides is 1. The summed E-state index contributed by atoms with van der Waals surface area (Å²) in [5.74, 6) is -1.95. The van der Waals surface area contributed by atoms with E-state index in [1.807, 2.05) is 12.1 Å². The first-order valence-electron chi connectivity index (χ1n) is 13.0. The lowest BCUT2D eigenvalue weighted by Gasteiger charge is -2.26. The number of halogens is 5. The highest BCUT2D eigenvalue weighted by molar-refractivity contribution is 7.92. The molecule has 0 aliphatic carbocycles. The lowest BCUT2D eigenvalue weighted by Crippen LogP contribution is -2.33. The number of benzene rings is 2. The SMILES string of the molecule is CCCCN(c1ccc(F)c(Cc2c[nH]c3ncc(-c4cccnc4)cc23)c1F)S(=O)(=O)c1ccc(C(F)(F)F)cc1. The Morgan fingerprint density at radius 3 is 2.40 bits per heavy atom. The van der Waals surface area contributed by atoms with E-state index in [1.54, 1.807) is 37.8 Å². The maximum Gasteiger partial charge on any atom is 0.416 e. The predicted octanol–water partition coefficient (Wildman–Crippen LogP) is 7.51. The van der Waals surface area contributed by atoms with E-state index in [0.717, 1.165) is 39.7 Å². The summed E-state index contributed by atoms with van der Waals surface area (Å²) in [5.41, 5.74) is 0.820. The zero-order valence-electron chi connectivity index (χ0n) is 22.3. The summed E-state index contributed by atoms with van der Waals surface area (Å²) in [4.78, 5) is 11.1. The van der Waals surface area contributed by atoms with E-state index in [9.17, 15) is 21.6 Å². The van der Waals surface area contributed by atoms with Crippen LogP contribution >= 0.6 is 0 Å². The van der Waals surface area contributed by atoms with Gasteiger partial charge in [-0.15, -0.1) is 0 Å². The van der Waals surface area contributed by atoms with Crippen molar-refractivity contribution in [2.24, 2.45) is 0 Å². The largest absolute Gasteiger partial charge is 0.416 e. The summed E-state index contributed by atoms with van der Waals surface area (Å²) in [6.07, 6.45) is 2.55. The van der Waals surface area contributed by atoms with Crippen molar-refractivity contribution in [3.05, 3.63) is 108 Å². The number of rotatable bonds is 9. The monoisotopic (exact) mass is 600 g/mol. The fraction of sp³-hybridized carbons (Fsp3) is 0.200. The van der Waals surface area contributed by atoms with Crippen molar-refractivity contribution in [3.8, 4) is 11.1 Å². The molecule has 1 N–H and O–H groups in total. The molecule has 42 heavy (non-hydrogen) atoms. The molecule has 218 valence electrons. The van der Waals surface area contributed by atoms with E-state index >= 15 is 8.78 Å². The Kier molecular flexibility index (Phi) is 8.00. The minimum Gasteiger partial charge on any atom is -0.346 e. The molecule has 0 aliphatic rings. The molecular weight excluding hydrogens is 575 g/mol. The molecule has 0 unspecified atom stereocenters. The highest BCUT2D eigenvalue weighted by Crippen LogP contribution is 2.34. The van der Waals surface area contributed by atoms with Crippen molar-refractivity contribution in [1.29, 1.82) is 0 Å². The minimum atomic E-state index is -4.65. The van der Waals surface area contributed by atoms with Crippen molar-refractivity contribution in [1.82, 2.24) is 15.0 Å². The van der Waals surface area contributed by atoms with Crippen LogP contribution in [0.2, 0.25) is 0 Å². The molecule has 2 aromatic carbocycles. The molecule has 3 aromatic heterocycles. The molecule has 0 radical (unpaired) electrons. The number of aromatic amines is 1. The standard InChI is InChI=1S/C30H25F5N4O2S/c1-2-3-13-39(42(40,41)23-8-6-22(7-9-23)30(33,34)35)27-11-10-26(31)25(28(27)32)15-21-18-38-29-24(21)14-20(17-37-29)19-5-4-12-36-16-19/h4-12,14,16-18H,2-3,13,15H2,1H3,(H,37,38). The molecule has 0 atom stereocenters. The van der Waals surface area contributed by atoms with Gasteiger partial charge in [0, 0.05) is 59.8 Å². The number of anilines is 1. The summed E-state index contributed by atoms with van der Waals surface area (Å²) < 4.78 is 98.3. The fourth-order valence-corrected chi connectivity index (χ4v) is 6.14. The van der Waals surface area contributed by atoms with Crippen LogP contribution in [0.25, 0.3) is 22.2 Å². The number of nitrogens with one attached hydrogen (secondary N) is 1. The highest BCUT2D eigenvalue weighted by atomic mass is 32.2. The molecule has 0 spiro atoms. The molecule has 5 rings (SSSR count). The van der Waals surface area contributed by atoms with Gasteiger partial charge in [-0.05, 0) is 60.5 Å². The van der Waals surface area contributed by atoms with Gasteiger partial charge in [-0.3, -0.25) is 9.29 Å². The van der Waals surface area contributed by atoms with Gasteiger partial charge in [0.2, 0.25) is 0 Å². The average Bonchev–Trinajstić information content (AvgIpc) is 3.38. The molecular formula is C30H25F5N4O2S. The summed E-state index contributed by atoms with van der Waals surface area (Å²) in [6, 6.07) is 10.4. The molecule has 12 heteroatoms. The van der Waals surface area contributed by atoms with Gasteiger partial charge in [-0.2, -0.15) is 13.2 Å². The topological polar surface area (TPSA) is 79.0 Å². The highest BCUT2D eigenvalue weighted by Gasteiger charge is 2.33. The smallest absolute Gasteiger partial charge is 0.346 e. The van der Waals surface area contributed by atoms with Gasteiger partial charge in [-0.1, -0.05) is 19.4 Å². The first kappa shape index (κ1) is 29.2. The maximum atomic E-state index is 16.1. The van der Waals surface area contributed by atoms with Crippen LogP contribution in [0.3, 0.4) is 0 Å².